The van der Waals surface area contributed by atoms with Gasteiger partial charge in [-0.1, -0.05) is 33.6 Å². The van der Waals surface area contributed by atoms with E-state index in [-0.39, 0.29) is 18.4 Å². The van der Waals surface area contributed by atoms with Crippen molar-refractivity contribution in [2.24, 2.45) is 0 Å². The summed E-state index contributed by atoms with van der Waals surface area (Å²) in [6.07, 6.45) is 3.63. The molecule has 1 aromatic carbocycles. The van der Waals surface area contributed by atoms with Gasteiger partial charge in [0.15, 0.2) is 5.82 Å². The van der Waals surface area contributed by atoms with Gasteiger partial charge in [0, 0.05) is 29.2 Å². The van der Waals surface area contributed by atoms with Crippen molar-refractivity contribution in [1.29, 1.82) is 0 Å². The summed E-state index contributed by atoms with van der Waals surface area (Å²) < 4.78 is 5.80. The molecule has 7 nitrogen and oxygen atoms in total. The Morgan fingerprint density at radius 2 is 2.04 bits per heavy atom. The number of aromatic nitrogens is 1. The van der Waals surface area contributed by atoms with Crippen molar-refractivity contribution >= 4 is 33.6 Å². The molecular weight excluding hydrogens is 424 g/mol. The first-order valence-corrected chi connectivity index (χ1v) is 10.3. The molecule has 2 amide bonds. The van der Waals surface area contributed by atoms with Gasteiger partial charge in [0.05, 0.1) is 0 Å². The van der Waals surface area contributed by atoms with E-state index in [1.54, 1.807) is 30.0 Å². The Bertz CT molecular complexity index is 817. The van der Waals surface area contributed by atoms with E-state index in [0.717, 1.165) is 24.1 Å². The molecule has 0 spiro atoms. The molecule has 0 atom stereocenters. The summed E-state index contributed by atoms with van der Waals surface area (Å²) in [6, 6.07) is 8.87. The Kier molecular flexibility index (Phi) is 7.22. The number of amides is 2. The summed E-state index contributed by atoms with van der Waals surface area (Å²) in [7, 11) is 0. The van der Waals surface area contributed by atoms with Gasteiger partial charge in [-0.2, -0.15) is 0 Å². The zero-order chi connectivity index (χ0) is 19.9. The highest BCUT2D eigenvalue weighted by atomic mass is 79.9. The zero-order valence-electron chi connectivity index (χ0n) is 16.0. The second-order valence-corrected chi connectivity index (χ2v) is 7.93. The third kappa shape index (κ3) is 5.90. The van der Waals surface area contributed by atoms with Crippen LogP contribution in [0.25, 0.3) is 0 Å². The van der Waals surface area contributed by atoms with Crippen LogP contribution < -0.4 is 5.32 Å². The van der Waals surface area contributed by atoms with Gasteiger partial charge in [-0.25, -0.2) is 0 Å². The molecule has 1 aromatic heterocycles. The van der Waals surface area contributed by atoms with Gasteiger partial charge in [0.2, 0.25) is 5.91 Å². The van der Waals surface area contributed by atoms with Crippen LogP contribution in [0.3, 0.4) is 0 Å². The number of likely N-dealkylation sites (tertiary alicyclic amines) is 1. The topological polar surface area (TPSA) is 78.7 Å². The fourth-order valence-corrected chi connectivity index (χ4v) is 3.68. The molecule has 0 radical (unpaired) electrons. The van der Waals surface area contributed by atoms with E-state index in [2.05, 4.69) is 31.3 Å². The molecular formula is C20H25BrN4O3. The quantitative estimate of drug-likeness (QED) is 0.702. The van der Waals surface area contributed by atoms with E-state index < -0.39 is 0 Å². The largest absolute Gasteiger partial charge is 0.360 e. The monoisotopic (exact) mass is 448 g/mol. The molecule has 0 aliphatic carbocycles. The molecule has 2 aromatic rings. The Morgan fingerprint density at radius 1 is 1.25 bits per heavy atom. The average Bonchev–Trinajstić information content (AvgIpc) is 3.10. The molecule has 2 heterocycles. The number of halogens is 1. The number of benzene rings is 1. The minimum atomic E-state index is -0.296. The third-order valence-electron chi connectivity index (χ3n) is 4.72. The van der Waals surface area contributed by atoms with Crippen molar-refractivity contribution in [2.75, 3.05) is 38.0 Å². The molecule has 1 aliphatic rings. The van der Waals surface area contributed by atoms with E-state index in [1.165, 1.54) is 19.3 Å². The van der Waals surface area contributed by atoms with Gasteiger partial charge in [-0.05, 0) is 51.1 Å². The van der Waals surface area contributed by atoms with Crippen LogP contribution in [0, 0.1) is 6.92 Å². The fraction of sp³-hybridized carbons (Fsp3) is 0.450. The first-order chi connectivity index (χ1) is 13.5. The van der Waals surface area contributed by atoms with Gasteiger partial charge in [0.1, 0.15) is 12.3 Å². The molecule has 0 bridgehead atoms. The number of hydrogen-bond acceptors (Lipinski definition) is 5. The molecule has 0 unspecified atom stereocenters. The van der Waals surface area contributed by atoms with Crippen LogP contribution in [0.1, 0.15) is 35.4 Å². The number of nitrogens with zero attached hydrogens (tertiary/aromatic N) is 3. The van der Waals surface area contributed by atoms with Crippen molar-refractivity contribution in [3.05, 3.63) is 46.1 Å². The Labute approximate surface area is 173 Å². The van der Waals surface area contributed by atoms with Crippen LogP contribution >= 0.6 is 15.9 Å². The number of rotatable bonds is 7. The molecule has 150 valence electrons. The van der Waals surface area contributed by atoms with Crippen LogP contribution in [0.4, 0.5) is 5.82 Å². The predicted molar refractivity (Wildman–Crippen MR) is 110 cm³/mol. The number of nitrogens with one attached hydrogen (secondary N) is 1. The van der Waals surface area contributed by atoms with Crippen molar-refractivity contribution in [1.82, 2.24) is 15.0 Å². The van der Waals surface area contributed by atoms with Gasteiger partial charge in [-0.15, -0.1) is 0 Å². The number of carbonyl (C=O) groups is 2. The first kappa shape index (κ1) is 20.5. The van der Waals surface area contributed by atoms with Crippen LogP contribution in [-0.4, -0.2) is 59.5 Å². The standard InChI is InChI=1S/C20H25BrN4O3/c1-15-12-18(23-28-15)22-19(26)14-25(11-10-24-8-3-2-4-9-24)20(27)16-6-5-7-17(21)13-16/h5-7,12-13H,2-4,8-11,14H2,1H3,(H,22,23,26). The van der Waals surface area contributed by atoms with Crippen LogP contribution in [0.15, 0.2) is 39.3 Å². The second-order valence-electron chi connectivity index (χ2n) is 7.01. The number of piperidine rings is 1. The van der Waals surface area contributed by atoms with Crippen molar-refractivity contribution in [3.63, 3.8) is 0 Å². The van der Waals surface area contributed by atoms with E-state index in [1.807, 2.05) is 12.1 Å². The number of carbonyl (C=O) groups excluding carboxylic acids is 2. The first-order valence-electron chi connectivity index (χ1n) is 9.51. The summed E-state index contributed by atoms with van der Waals surface area (Å²) in [5.74, 6) is 0.510. The highest BCUT2D eigenvalue weighted by Gasteiger charge is 2.21. The Hall–Kier alpha value is -2.19. The highest BCUT2D eigenvalue weighted by molar-refractivity contribution is 9.10. The summed E-state index contributed by atoms with van der Waals surface area (Å²) in [4.78, 5) is 29.5. The smallest absolute Gasteiger partial charge is 0.254 e. The predicted octanol–water partition coefficient (Wildman–Crippen LogP) is 3.31. The van der Waals surface area contributed by atoms with Crippen molar-refractivity contribution < 1.29 is 14.1 Å². The van der Waals surface area contributed by atoms with Crippen molar-refractivity contribution in [2.45, 2.75) is 26.2 Å². The maximum absolute atomic E-state index is 13.0. The summed E-state index contributed by atoms with van der Waals surface area (Å²) in [5, 5.41) is 6.46. The molecule has 28 heavy (non-hydrogen) atoms. The molecule has 1 N–H and O–H groups in total. The van der Waals surface area contributed by atoms with E-state index >= 15 is 0 Å². The lowest BCUT2D eigenvalue weighted by atomic mass is 10.1. The fourth-order valence-electron chi connectivity index (χ4n) is 3.28. The van der Waals surface area contributed by atoms with Crippen LogP contribution in [-0.2, 0) is 4.79 Å². The minimum absolute atomic E-state index is 0.0366. The van der Waals surface area contributed by atoms with E-state index in [9.17, 15) is 9.59 Å². The van der Waals surface area contributed by atoms with Crippen molar-refractivity contribution in [3.8, 4) is 0 Å². The third-order valence-corrected chi connectivity index (χ3v) is 5.22. The van der Waals surface area contributed by atoms with Gasteiger partial charge in [-0.3, -0.25) is 9.59 Å². The lowest BCUT2D eigenvalue weighted by molar-refractivity contribution is -0.117. The molecule has 0 saturated carbocycles. The van der Waals surface area contributed by atoms with Gasteiger partial charge in [0.25, 0.3) is 5.91 Å². The normalized spacial score (nSPS) is 14.6. The number of hydrogen-bond donors (Lipinski definition) is 1. The molecule has 3 rings (SSSR count). The molecule has 8 heteroatoms. The molecule has 1 saturated heterocycles. The van der Waals surface area contributed by atoms with Gasteiger partial charge >= 0.3 is 0 Å². The van der Waals surface area contributed by atoms with E-state index in [0.29, 0.717) is 23.7 Å². The molecule has 1 fully saturated rings. The summed E-state index contributed by atoms with van der Waals surface area (Å²) in [6.45, 7) is 5.06. The summed E-state index contributed by atoms with van der Waals surface area (Å²) >= 11 is 3.40. The SMILES string of the molecule is Cc1cc(NC(=O)CN(CCN2CCCCC2)C(=O)c2cccc(Br)c2)no1. The number of aryl methyl sites for hydroxylation is 1. The van der Waals surface area contributed by atoms with E-state index in [4.69, 9.17) is 4.52 Å². The average molecular weight is 449 g/mol. The second kappa shape index (κ2) is 9.84. The maximum Gasteiger partial charge on any atom is 0.254 e. The lowest BCUT2D eigenvalue weighted by Gasteiger charge is -2.30. The van der Waals surface area contributed by atoms with Crippen LogP contribution in [0.5, 0.6) is 0 Å². The lowest BCUT2D eigenvalue weighted by Crippen LogP contribution is -2.43. The van der Waals surface area contributed by atoms with Crippen LogP contribution in [0.2, 0.25) is 0 Å². The Balaban J connectivity index is 1.67. The maximum atomic E-state index is 13.0. The summed E-state index contributed by atoms with van der Waals surface area (Å²) in [5.41, 5.74) is 0.554. The Morgan fingerprint density at radius 3 is 2.71 bits per heavy atom. The number of anilines is 1. The molecule has 1 aliphatic heterocycles. The minimum Gasteiger partial charge on any atom is -0.360 e. The highest BCUT2D eigenvalue weighted by Crippen LogP contribution is 2.15. The van der Waals surface area contributed by atoms with Gasteiger partial charge < -0.3 is 19.6 Å². The zero-order valence-corrected chi connectivity index (χ0v) is 17.6.